The fourth-order valence-corrected chi connectivity index (χ4v) is 1.93. The van der Waals surface area contributed by atoms with E-state index in [0.29, 0.717) is 16.3 Å². The molecule has 4 heteroatoms. The van der Waals surface area contributed by atoms with Crippen molar-refractivity contribution >= 4 is 23.2 Å². The summed E-state index contributed by atoms with van der Waals surface area (Å²) in [6.07, 6.45) is 1.87. The monoisotopic (exact) mass is 254 g/mol. The van der Waals surface area contributed by atoms with Gasteiger partial charge in [-0.15, -0.1) is 0 Å². The van der Waals surface area contributed by atoms with Crippen molar-refractivity contribution in [3.05, 3.63) is 28.8 Å². The van der Waals surface area contributed by atoms with Gasteiger partial charge in [-0.2, -0.15) is 0 Å². The van der Waals surface area contributed by atoms with Crippen LogP contribution in [0, 0.1) is 0 Å². The Bertz CT molecular complexity index is 387. The lowest BCUT2D eigenvalue weighted by molar-refractivity contribution is 0.0756. The number of carbonyl (C=O) groups is 1. The number of nitrogens with two attached hydrogens (primary N) is 1. The Morgan fingerprint density at radius 2 is 1.88 bits per heavy atom. The lowest BCUT2D eigenvalue weighted by atomic mass is 10.1. The van der Waals surface area contributed by atoms with Crippen molar-refractivity contribution in [1.82, 2.24) is 4.90 Å². The molecule has 0 aliphatic heterocycles. The Labute approximate surface area is 108 Å². The zero-order valence-electron chi connectivity index (χ0n) is 10.4. The first-order chi connectivity index (χ1) is 8.10. The highest BCUT2D eigenvalue weighted by Crippen LogP contribution is 2.20. The Hall–Kier alpha value is -1.22. The maximum Gasteiger partial charge on any atom is 0.255 e. The van der Waals surface area contributed by atoms with Crippen LogP contribution in [0.15, 0.2) is 18.2 Å². The predicted molar refractivity (Wildman–Crippen MR) is 72.3 cm³/mol. The summed E-state index contributed by atoms with van der Waals surface area (Å²) in [5, 5.41) is 0.460. The summed E-state index contributed by atoms with van der Waals surface area (Å²) < 4.78 is 0. The number of anilines is 1. The van der Waals surface area contributed by atoms with Crippen molar-refractivity contribution in [3.63, 3.8) is 0 Å². The molecule has 1 rings (SSSR count). The average molecular weight is 255 g/mol. The molecule has 0 heterocycles. The molecule has 0 atom stereocenters. The smallest absolute Gasteiger partial charge is 0.255 e. The van der Waals surface area contributed by atoms with Crippen LogP contribution in [0.2, 0.25) is 5.02 Å². The van der Waals surface area contributed by atoms with Crippen LogP contribution in [0.1, 0.15) is 37.0 Å². The largest absolute Gasteiger partial charge is 0.399 e. The zero-order chi connectivity index (χ0) is 12.8. The molecular formula is C13H19ClN2O. The van der Waals surface area contributed by atoms with E-state index in [0.717, 1.165) is 25.9 Å². The molecule has 1 aromatic rings. The quantitative estimate of drug-likeness (QED) is 0.821. The van der Waals surface area contributed by atoms with E-state index < -0.39 is 0 Å². The van der Waals surface area contributed by atoms with E-state index in [4.69, 9.17) is 17.3 Å². The first-order valence-corrected chi connectivity index (χ1v) is 6.32. The van der Waals surface area contributed by atoms with Gasteiger partial charge < -0.3 is 10.6 Å². The van der Waals surface area contributed by atoms with Gasteiger partial charge in [0.1, 0.15) is 0 Å². The van der Waals surface area contributed by atoms with Crippen LogP contribution in [0.3, 0.4) is 0 Å². The fraction of sp³-hybridized carbons (Fsp3) is 0.462. The van der Waals surface area contributed by atoms with E-state index in [-0.39, 0.29) is 5.91 Å². The number of rotatable bonds is 5. The van der Waals surface area contributed by atoms with Gasteiger partial charge in [0.15, 0.2) is 0 Å². The van der Waals surface area contributed by atoms with Gasteiger partial charge in [0.05, 0.1) is 10.6 Å². The summed E-state index contributed by atoms with van der Waals surface area (Å²) in [6, 6.07) is 5.01. The van der Waals surface area contributed by atoms with Crippen LogP contribution in [0.5, 0.6) is 0 Å². The lowest BCUT2D eigenvalue weighted by Crippen LogP contribution is -2.32. The first kappa shape index (κ1) is 13.8. The van der Waals surface area contributed by atoms with Gasteiger partial charge in [-0.25, -0.2) is 0 Å². The Balaban J connectivity index is 2.95. The van der Waals surface area contributed by atoms with Crippen molar-refractivity contribution < 1.29 is 4.79 Å². The van der Waals surface area contributed by atoms with E-state index in [1.807, 2.05) is 4.90 Å². The number of nitrogens with zero attached hydrogens (tertiary/aromatic N) is 1. The highest BCUT2D eigenvalue weighted by Gasteiger charge is 2.17. The molecule has 0 saturated heterocycles. The van der Waals surface area contributed by atoms with Gasteiger partial charge in [-0.1, -0.05) is 25.4 Å². The molecule has 0 bridgehead atoms. The lowest BCUT2D eigenvalue weighted by Gasteiger charge is -2.22. The number of amides is 1. The average Bonchev–Trinajstić information content (AvgIpc) is 2.31. The number of nitrogen functional groups attached to an aromatic ring is 1. The third kappa shape index (κ3) is 3.63. The van der Waals surface area contributed by atoms with Crippen molar-refractivity contribution in [2.24, 2.45) is 0 Å². The van der Waals surface area contributed by atoms with Crippen molar-refractivity contribution in [2.45, 2.75) is 26.7 Å². The van der Waals surface area contributed by atoms with Crippen LogP contribution >= 0.6 is 11.6 Å². The number of hydrogen-bond donors (Lipinski definition) is 1. The van der Waals surface area contributed by atoms with Gasteiger partial charge in [-0.3, -0.25) is 4.79 Å². The minimum Gasteiger partial charge on any atom is -0.399 e. The minimum atomic E-state index is -0.0361. The second-order valence-corrected chi connectivity index (χ2v) is 4.44. The molecule has 0 spiro atoms. The Morgan fingerprint density at radius 3 is 2.41 bits per heavy atom. The molecule has 1 amide bonds. The SMILES string of the molecule is CCCN(CCC)C(=O)c1cc(N)ccc1Cl. The van der Waals surface area contributed by atoms with E-state index >= 15 is 0 Å². The molecule has 0 fully saturated rings. The maximum atomic E-state index is 12.3. The zero-order valence-corrected chi connectivity index (χ0v) is 11.1. The Kier molecular flexibility index (Phi) is 5.29. The van der Waals surface area contributed by atoms with Gasteiger partial charge in [0.25, 0.3) is 5.91 Å². The topological polar surface area (TPSA) is 46.3 Å². The van der Waals surface area contributed by atoms with E-state index in [2.05, 4.69) is 13.8 Å². The molecule has 0 aromatic heterocycles. The molecule has 0 unspecified atom stereocenters. The van der Waals surface area contributed by atoms with Crippen LogP contribution in [-0.4, -0.2) is 23.9 Å². The second kappa shape index (κ2) is 6.50. The third-order valence-electron chi connectivity index (χ3n) is 2.50. The number of benzene rings is 1. The highest BCUT2D eigenvalue weighted by molar-refractivity contribution is 6.34. The summed E-state index contributed by atoms with van der Waals surface area (Å²) in [5.41, 5.74) is 6.74. The summed E-state index contributed by atoms with van der Waals surface area (Å²) in [5.74, 6) is -0.0361. The van der Waals surface area contributed by atoms with Crippen LogP contribution < -0.4 is 5.73 Å². The van der Waals surface area contributed by atoms with E-state index in [1.165, 1.54) is 0 Å². The number of carbonyl (C=O) groups excluding carboxylic acids is 1. The summed E-state index contributed by atoms with van der Waals surface area (Å²) in [7, 11) is 0. The standard InChI is InChI=1S/C13H19ClN2O/c1-3-7-16(8-4-2)13(17)11-9-10(15)5-6-12(11)14/h5-6,9H,3-4,7-8,15H2,1-2H3. The predicted octanol–water partition coefficient (Wildman–Crippen LogP) is 3.18. The molecule has 0 aliphatic carbocycles. The highest BCUT2D eigenvalue weighted by atomic mass is 35.5. The van der Waals surface area contributed by atoms with Crippen molar-refractivity contribution in [2.75, 3.05) is 18.8 Å². The van der Waals surface area contributed by atoms with Gasteiger partial charge in [0.2, 0.25) is 0 Å². The van der Waals surface area contributed by atoms with Gasteiger partial charge in [0, 0.05) is 18.8 Å². The first-order valence-electron chi connectivity index (χ1n) is 5.94. The molecular weight excluding hydrogens is 236 g/mol. The summed E-state index contributed by atoms with van der Waals surface area (Å²) in [6.45, 7) is 5.60. The molecule has 0 radical (unpaired) electrons. The van der Waals surface area contributed by atoms with Gasteiger partial charge in [-0.05, 0) is 31.0 Å². The van der Waals surface area contributed by atoms with Crippen LogP contribution in [0.4, 0.5) is 5.69 Å². The van der Waals surface area contributed by atoms with E-state index in [9.17, 15) is 4.79 Å². The third-order valence-corrected chi connectivity index (χ3v) is 2.82. The maximum absolute atomic E-state index is 12.3. The molecule has 1 aromatic carbocycles. The molecule has 3 nitrogen and oxygen atoms in total. The van der Waals surface area contributed by atoms with E-state index in [1.54, 1.807) is 18.2 Å². The molecule has 0 aliphatic rings. The minimum absolute atomic E-state index is 0.0361. The fourth-order valence-electron chi connectivity index (χ4n) is 1.73. The van der Waals surface area contributed by atoms with Crippen molar-refractivity contribution in [1.29, 1.82) is 0 Å². The van der Waals surface area contributed by atoms with Crippen molar-refractivity contribution in [3.8, 4) is 0 Å². The van der Waals surface area contributed by atoms with Gasteiger partial charge >= 0.3 is 0 Å². The second-order valence-electron chi connectivity index (χ2n) is 4.03. The molecule has 94 valence electrons. The Morgan fingerprint density at radius 1 is 1.29 bits per heavy atom. The summed E-state index contributed by atoms with van der Waals surface area (Å²) in [4.78, 5) is 14.1. The van der Waals surface area contributed by atoms with Crippen LogP contribution in [0.25, 0.3) is 0 Å². The molecule has 17 heavy (non-hydrogen) atoms. The number of hydrogen-bond acceptors (Lipinski definition) is 2. The van der Waals surface area contributed by atoms with Crippen LogP contribution in [-0.2, 0) is 0 Å². The molecule has 0 saturated carbocycles. The summed E-state index contributed by atoms with van der Waals surface area (Å²) >= 11 is 6.03. The normalized spacial score (nSPS) is 10.3. The number of halogens is 1. The molecule has 2 N–H and O–H groups in total.